The average molecular weight is 292 g/mol. The van der Waals surface area contributed by atoms with Crippen LogP contribution in [0.1, 0.15) is 29.5 Å². The number of aromatic amines is 1. The van der Waals surface area contributed by atoms with Crippen LogP contribution in [-0.2, 0) is 6.54 Å². The molecule has 20 heavy (non-hydrogen) atoms. The van der Waals surface area contributed by atoms with Crippen LogP contribution in [0.2, 0.25) is 0 Å². The van der Waals surface area contributed by atoms with Crippen LogP contribution in [0.25, 0.3) is 0 Å². The number of nitrogens with one attached hydrogen (secondary N) is 3. The van der Waals surface area contributed by atoms with E-state index in [1.807, 2.05) is 6.07 Å². The van der Waals surface area contributed by atoms with Crippen LogP contribution in [-0.4, -0.2) is 22.4 Å². The van der Waals surface area contributed by atoms with Crippen molar-refractivity contribution in [2.24, 2.45) is 0 Å². The van der Waals surface area contributed by atoms with Crippen molar-refractivity contribution < 1.29 is 4.79 Å². The maximum absolute atomic E-state index is 12.0. The zero-order valence-electron chi connectivity index (χ0n) is 11.1. The maximum Gasteiger partial charge on any atom is 0.304 e. The fraction of sp³-hybridized carbons (Fsp3) is 0.308. The normalized spacial score (nSPS) is 10.2. The molecule has 2 heterocycles. The van der Waals surface area contributed by atoms with Gasteiger partial charge in [-0.15, -0.1) is 0 Å². The summed E-state index contributed by atoms with van der Waals surface area (Å²) in [5.41, 5.74) is 1.04. The second kappa shape index (κ2) is 6.85. The van der Waals surface area contributed by atoms with Gasteiger partial charge >= 0.3 is 4.87 Å². The van der Waals surface area contributed by atoms with Gasteiger partial charge in [0, 0.05) is 17.6 Å². The van der Waals surface area contributed by atoms with E-state index in [0.29, 0.717) is 17.2 Å². The molecule has 0 aliphatic carbocycles. The number of anilines is 1. The van der Waals surface area contributed by atoms with Gasteiger partial charge in [0.25, 0.3) is 5.91 Å². The van der Waals surface area contributed by atoms with Crippen LogP contribution in [0.5, 0.6) is 0 Å². The van der Waals surface area contributed by atoms with Gasteiger partial charge in [-0.3, -0.25) is 9.59 Å². The van der Waals surface area contributed by atoms with Crippen molar-refractivity contribution >= 4 is 23.1 Å². The number of H-pyrrole nitrogens is 1. The summed E-state index contributed by atoms with van der Waals surface area (Å²) in [7, 11) is 0. The number of nitrogens with zero attached hydrogens (tertiary/aromatic N) is 1. The molecule has 3 N–H and O–H groups in total. The zero-order chi connectivity index (χ0) is 14.4. The molecule has 0 fully saturated rings. The first-order valence-corrected chi connectivity index (χ1v) is 7.23. The van der Waals surface area contributed by atoms with Gasteiger partial charge in [-0.1, -0.05) is 24.3 Å². The predicted octanol–water partition coefficient (Wildman–Crippen LogP) is 1.58. The average Bonchev–Trinajstić information content (AvgIpc) is 2.88. The van der Waals surface area contributed by atoms with E-state index in [9.17, 15) is 9.59 Å². The first-order valence-electron chi connectivity index (χ1n) is 6.35. The number of pyridine rings is 1. The Morgan fingerprint density at radius 3 is 3.00 bits per heavy atom. The van der Waals surface area contributed by atoms with Crippen LogP contribution in [0, 0.1) is 0 Å². The monoisotopic (exact) mass is 292 g/mol. The quantitative estimate of drug-likeness (QED) is 0.754. The van der Waals surface area contributed by atoms with E-state index in [2.05, 4.69) is 27.5 Å². The minimum Gasteiger partial charge on any atom is -0.370 e. The molecule has 2 aromatic heterocycles. The lowest BCUT2D eigenvalue weighted by Crippen LogP contribution is -2.24. The second-order valence-electron chi connectivity index (χ2n) is 4.19. The Morgan fingerprint density at radius 1 is 1.45 bits per heavy atom. The van der Waals surface area contributed by atoms with Crippen LogP contribution < -0.4 is 15.5 Å². The van der Waals surface area contributed by atoms with Crippen molar-refractivity contribution in [2.75, 3.05) is 11.9 Å². The first-order chi connectivity index (χ1) is 9.69. The molecule has 0 radical (unpaired) electrons. The molecular formula is C13H16N4O2S. The zero-order valence-corrected chi connectivity index (χ0v) is 11.9. The van der Waals surface area contributed by atoms with Gasteiger partial charge in [0.05, 0.1) is 6.54 Å². The van der Waals surface area contributed by atoms with Crippen molar-refractivity contribution in [1.82, 2.24) is 15.3 Å². The number of thiazole rings is 1. The molecule has 6 nitrogen and oxygen atoms in total. The Morgan fingerprint density at radius 2 is 2.30 bits per heavy atom. The van der Waals surface area contributed by atoms with Gasteiger partial charge in [-0.05, 0) is 18.6 Å². The molecular weight excluding hydrogens is 276 g/mol. The minimum absolute atomic E-state index is 0.127. The SMILES string of the molecule is CCCNc1cccc(C(=O)NCc2csc(=O)[nH]2)n1. The molecule has 0 saturated carbocycles. The van der Waals surface area contributed by atoms with Gasteiger partial charge < -0.3 is 15.6 Å². The molecule has 106 valence electrons. The van der Waals surface area contributed by atoms with Crippen LogP contribution in [0.4, 0.5) is 5.82 Å². The molecule has 1 amide bonds. The van der Waals surface area contributed by atoms with Crippen molar-refractivity contribution in [3.05, 3.63) is 44.6 Å². The van der Waals surface area contributed by atoms with Gasteiger partial charge in [0.15, 0.2) is 0 Å². The summed E-state index contributed by atoms with van der Waals surface area (Å²) in [6, 6.07) is 5.26. The van der Waals surface area contributed by atoms with Crippen LogP contribution in [0.3, 0.4) is 0 Å². The number of hydrogen-bond donors (Lipinski definition) is 3. The highest BCUT2D eigenvalue weighted by atomic mass is 32.1. The summed E-state index contributed by atoms with van der Waals surface area (Å²) in [6.07, 6.45) is 0.990. The van der Waals surface area contributed by atoms with E-state index < -0.39 is 0 Å². The summed E-state index contributed by atoms with van der Waals surface area (Å²) >= 11 is 1.08. The Kier molecular flexibility index (Phi) is 4.89. The second-order valence-corrected chi connectivity index (χ2v) is 5.03. The molecule has 2 rings (SSSR count). The van der Waals surface area contributed by atoms with E-state index in [0.717, 1.165) is 24.3 Å². The molecule has 0 aliphatic rings. The van der Waals surface area contributed by atoms with Crippen LogP contribution in [0.15, 0.2) is 28.4 Å². The molecule has 0 spiro atoms. The Labute approximate surface area is 120 Å². The van der Waals surface area contributed by atoms with Crippen molar-refractivity contribution in [1.29, 1.82) is 0 Å². The lowest BCUT2D eigenvalue weighted by Gasteiger charge is -2.06. The largest absolute Gasteiger partial charge is 0.370 e. The highest BCUT2D eigenvalue weighted by Crippen LogP contribution is 2.05. The van der Waals surface area contributed by atoms with Gasteiger partial charge in [0.2, 0.25) is 0 Å². The van der Waals surface area contributed by atoms with E-state index in [1.165, 1.54) is 0 Å². The summed E-state index contributed by atoms with van der Waals surface area (Å²) in [6.45, 7) is 3.16. The third-order valence-corrected chi connectivity index (χ3v) is 3.27. The smallest absolute Gasteiger partial charge is 0.304 e. The fourth-order valence-electron chi connectivity index (χ4n) is 1.58. The summed E-state index contributed by atoms with van der Waals surface area (Å²) in [5.74, 6) is 0.417. The molecule has 0 aliphatic heterocycles. The van der Waals surface area contributed by atoms with Gasteiger partial charge in [-0.2, -0.15) is 0 Å². The molecule has 0 atom stereocenters. The van der Waals surface area contributed by atoms with E-state index in [-0.39, 0.29) is 17.3 Å². The summed E-state index contributed by atoms with van der Waals surface area (Å²) in [5, 5.41) is 7.54. The highest BCUT2D eigenvalue weighted by molar-refractivity contribution is 7.07. The molecule has 0 aromatic carbocycles. The van der Waals surface area contributed by atoms with E-state index in [4.69, 9.17) is 0 Å². The summed E-state index contributed by atoms with van der Waals surface area (Å²) in [4.78, 5) is 29.7. The lowest BCUT2D eigenvalue weighted by molar-refractivity contribution is 0.0945. The highest BCUT2D eigenvalue weighted by Gasteiger charge is 2.08. The predicted molar refractivity (Wildman–Crippen MR) is 79.1 cm³/mol. The molecule has 2 aromatic rings. The molecule has 7 heteroatoms. The first kappa shape index (κ1) is 14.3. The number of carbonyl (C=O) groups excluding carboxylic acids is 1. The fourth-order valence-corrected chi connectivity index (χ4v) is 2.16. The number of aromatic nitrogens is 2. The third kappa shape index (κ3) is 3.92. The molecule has 0 saturated heterocycles. The van der Waals surface area contributed by atoms with Crippen LogP contribution >= 0.6 is 11.3 Å². The Balaban J connectivity index is 1.96. The van der Waals surface area contributed by atoms with E-state index >= 15 is 0 Å². The lowest BCUT2D eigenvalue weighted by atomic mass is 10.3. The number of rotatable bonds is 6. The molecule has 0 unspecified atom stereocenters. The Bertz CT molecular complexity index is 635. The van der Waals surface area contributed by atoms with Crippen molar-refractivity contribution in [3.63, 3.8) is 0 Å². The number of carbonyl (C=O) groups is 1. The minimum atomic E-state index is -0.266. The van der Waals surface area contributed by atoms with Crippen molar-refractivity contribution in [2.45, 2.75) is 19.9 Å². The summed E-state index contributed by atoms with van der Waals surface area (Å²) < 4.78 is 0. The van der Waals surface area contributed by atoms with Gasteiger partial charge in [0.1, 0.15) is 11.5 Å². The molecule has 0 bridgehead atoms. The van der Waals surface area contributed by atoms with Crippen molar-refractivity contribution in [3.8, 4) is 0 Å². The van der Waals surface area contributed by atoms with Gasteiger partial charge in [-0.25, -0.2) is 4.98 Å². The number of amides is 1. The Hall–Kier alpha value is -2.15. The maximum atomic E-state index is 12.0. The third-order valence-electron chi connectivity index (χ3n) is 2.55. The standard InChI is InChI=1S/C13H16N4O2S/c1-2-6-14-11-5-3-4-10(17-11)12(18)15-7-9-8-20-13(19)16-9/h3-5,8H,2,6-7H2,1H3,(H,14,17)(H,15,18)(H,16,19). The van der Waals surface area contributed by atoms with E-state index in [1.54, 1.807) is 17.5 Å². The number of hydrogen-bond acceptors (Lipinski definition) is 5. The topological polar surface area (TPSA) is 86.9 Å².